The minimum absolute atomic E-state index is 0. The minimum atomic E-state index is -0.607. The smallest absolute Gasteiger partial charge is 0.152 e. The first-order valence-corrected chi connectivity index (χ1v) is 5.68. The van der Waals surface area contributed by atoms with Gasteiger partial charge in [-0.1, -0.05) is 23.2 Å². The highest BCUT2D eigenvalue weighted by atomic mass is 79.9. The van der Waals surface area contributed by atoms with E-state index in [-0.39, 0.29) is 17.0 Å². The van der Waals surface area contributed by atoms with Gasteiger partial charge in [0.25, 0.3) is 0 Å². The van der Waals surface area contributed by atoms with Crippen LogP contribution < -0.4 is 0 Å². The van der Waals surface area contributed by atoms with Gasteiger partial charge in [0.05, 0.1) is 0 Å². The number of aryl methyl sites for hydroxylation is 1. The molecule has 0 amide bonds. The van der Waals surface area contributed by atoms with E-state index in [9.17, 15) is 0 Å². The molecule has 0 spiro atoms. The van der Waals surface area contributed by atoms with Crippen LogP contribution in [0.2, 0.25) is 0 Å². The van der Waals surface area contributed by atoms with E-state index in [2.05, 4.69) is 20.9 Å². The lowest BCUT2D eigenvalue weighted by atomic mass is 10.3. The molecular weight excluding hydrogens is 367 g/mol. The van der Waals surface area contributed by atoms with E-state index in [4.69, 9.17) is 23.2 Å². The molecule has 2 heterocycles. The maximum atomic E-state index is 5.78. The Morgan fingerprint density at radius 1 is 1.47 bits per heavy atom. The van der Waals surface area contributed by atoms with Gasteiger partial charge in [0.2, 0.25) is 0 Å². The van der Waals surface area contributed by atoms with Crippen molar-refractivity contribution in [2.24, 2.45) is 0 Å². The normalized spacial score (nSPS) is 10.7. The third-order valence-electron chi connectivity index (χ3n) is 1.95. The lowest BCUT2D eigenvalue weighted by Crippen LogP contribution is -1.85. The molecule has 0 saturated carbocycles. The molecule has 0 N–H and O–H groups in total. The summed E-state index contributed by atoms with van der Waals surface area (Å²) in [5, 5.41) is 0. The van der Waals surface area contributed by atoms with Gasteiger partial charge in [0, 0.05) is 6.20 Å². The molecule has 2 rings (SSSR count). The van der Waals surface area contributed by atoms with E-state index >= 15 is 0 Å². The van der Waals surface area contributed by atoms with Gasteiger partial charge in [-0.25, -0.2) is 4.98 Å². The Morgan fingerprint density at radius 3 is 2.73 bits per heavy atom. The zero-order chi connectivity index (χ0) is 10.3. The first-order valence-electron chi connectivity index (χ1n) is 4.02. The Bertz CT molecular complexity index is 482. The van der Waals surface area contributed by atoms with Crippen molar-refractivity contribution in [1.29, 1.82) is 0 Å². The quantitative estimate of drug-likeness (QED) is 0.674. The second-order valence-corrected chi connectivity index (χ2v) is 4.87. The van der Waals surface area contributed by atoms with Crippen LogP contribution in [0, 0.1) is 6.92 Å². The van der Waals surface area contributed by atoms with Crippen LogP contribution in [0.15, 0.2) is 22.9 Å². The fraction of sp³-hybridized carbons (Fsp3) is 0.222. The summed E-state index contributed by atoms with van der Waals surface area (Å²) in [5.74, 6) is 0. The molecule has 2 nitrogen and oxygen atoms in total. The lowest BCUT2D eigenvalue weighted by molar-refractivity contribution is 1.12. The number of aromatic nitrogens is 2. The summed E-state index contributed by atoms with van der Waals surface area (Å²) >= 11 is 15.0. The molecule has 15 heavy (non-hydrogen) atoms. The van der Waals surface area contributed by atoms with Gasteiger partial charge >= 0.3 is 0 Å². The van der Waals surface area contributed by atoms with Crippen molar-refractivity contribution in [2.45, 2.75) is 11.8 Å². The molecular formula is C9H8Br2Cl2N2. The average Bonchev–Trinajstić information content (AvgIpc) is 2.43. The van der Waals surface area contributed by atoms with Crippen molar-refractivity contribution in [2.75, 3.05) is 0 Å². The number of nitrogens with zero attached hydrogens (tertiary/aromatic N) is 2. The van der Waals surface area contributed by atoms with E-state index in [0.717, 1.165) is 15.8 Å². The second-order valence-electron chi connectivity index (χ2n) is 3.02. The maximum Gasteiger partial charge on any atom is 0.152 e. The zero-order valence-electron chi connectivity index (χ0n) is 7.75. The molecule has 0 bridgehead atoms. The summed E-state index contributed by atoms with van der Waals surface area (Å²) in [6, 6.07) is 3.98. The van der Waals surface area contributed by atoms with Crippen LogP contribution in [-0.2, 0) is 0 Å². The topological polar surface area (TPSA) is 17.3 Å². The fourth-order valence-electron chi connectivity index (χ4n) is 1.27. The lowest BCUT2D eigenvalue weighted by Gasteiger charge is -1.96. The molecule has 82 valence electrons. The highest BCUT2D eigenvalue weighted by Crippen LogP contribution is 2.31. The Kier molecular flexibility index (Phi) is 4.47. The van der Waals surface area contributed by atoms with Crippen LogP contribution in [0.1, 0.15) is 16.1 Å². The number of imidazole rings is 1. The number of hydrogen-bond acceptors (Lipinski definition) is 1. The molecule has 0 atom stereocenters. The monoisotopic (exact) mass is 372 g/mol. The van der Waals surface area contributed by atoms with Crippen LogP contribution in [0.4, 0.5) is 0 Å². The second kappa shape index (κ2) is 5.04. The van der Waals surface area contributed by atoms with Gasteiger partial charge in [-0.2, -0.15) is 0 Å². The standard InChI is InChI=1S/C9H7BrCl2N2.BrH/c1-5-2-3-14-6(4-5)13-7(8(14)10)9(11)12;/h2-4,9H,1H3;1H. The third kappa shape index (κ3) is 2.49. The first-order chi connectivity index (χ1) is 6.59. The van der Waals surface area contributed by atoms with Gasteiger partial charge in [0.15, 0.2) is 4.84 Å². The number of alkyl halides is 2. The van der Waals surface area contributed by atoms with Crippen LogP contribution >= 0.6 is 56.1 Å². The Morgan fingerprint density at radius 2 is 2.13 bits per heavy atom. The van der Waals surface area contributed by atoms with Crippen LogP contribution in [0.25, 0.3) is 5.65 Å². The summed E-state index contributed by atoms with van der Waals surface area (Å²) in [6.45, 7) is 2.02. The van der Waals surface area contributed by atoms with Crippen molar-refractivity contribution < 1.29 is 0 Å². The molecule has 0 aliphatic carbocycles. The molecule has 0 aromatic carbocycles. The molecule has 0 aliphatic heterocycles. The van der Waals surface area contributed by atoms with E-state index in [1.165, 1.54) is 0 Å². The van der Waals surface area contributed by atoms with Crippen molar-refractivity contribution in [1.82, 2.24) is 9.38 Å². The predicted molar refractivity (Wildman–Crippen MR) is 72.4 cm³/mol. The molecule has 2 aromatic rings. The molecule has 0 unspecified atom stereocenters. The largest absolute Gasteiger partial charge is 0.294 e. The molecule has 0 radical (unpaired) electrons. The van der Waals surface area contributed by atoms with Crippen molar-refractivity contribution in [3.05, 3.63) is 34.2 Å². The highest BCUT2D eigenvalue weighted by molar-refractivity contribution is 9.10. The minimum Gasteiger partial charge on any atom is -0.294 e. The van der Waals surface area contributed by atoms with Gasteiger partial charge in [-0.15, -0.1) is 17.0 Å². The van der Waals surface area contributed by atoms with E-state index in [1.807, 2.05) is 29.7 Å². The maximum absolute atomic E-state index is 5.78. The summed E-state index contributed by atoms with van der Waals surface area (Å²) in [5.41, 5.74) is 2.65. The first kappa shape index (κ1) is 13.3. The van der Waals surface area contributed by atoms with E-state index < -0.39 is 4.84 Å². The number of halogens is 4. The van der Waals surface area contributed by atoms with Crippen molar-refractivity contribution in [3.8, 4) is 0 Å². The van der Waals surface area contributed by atoms with Gasteiger partial charge < -0.3 is 0 Å². The summed E-state index contributed by atoms with van der Waals surface area (Å²) < 4.78 is 2.71. The van der Waals surface area contributed by atoms with Gasteiger partial charge in [-0.3, -0.25) is 4.40 Å². The summed E-state index contributed by atoms with van der Waals surface area (Å²) in [6.07, 6.45) is 1.93. The number of hydrogen-bond donors (Lipinski definition) is 0. The van der Waals surface area contributed by atoms with E-state index in [0.29, 0.717) is 5.69 Å². The van der Waals surface area contributed by atoms with Crippen LogP contribution in [-0.4, -0.2) is 9.38 Å². The average molecular weight is 375 g/mol. The fourth-order valence-corrected chi connectivity index (χ4v) is 2.46. The Hall–Kier alpha value is 0.230. The van der Waals surface area contributed by atoms with Crippen molar-refractivity contribution in [3.63, 3.8) is 0 Å². The van der Waals surface area contributed by atoms with Gasteiger partial charge in [-0.05, 0) is 40.5 Å². The third-order valence-corrected chi connectivity index (χ3v) is 3.16. The number of rotatable bonds is 1. The molecule has 2 aromatic heterocycles. The molecule has 0 fully saturated rings. The zero-order valence-corrected chi connectivity index (χ0v) is 12.6. The van der Waals surface area contributed by atoms with Crippen molar-refractivity contribution >= 4 is 61.8 Å². The Balaban J connectivity index is 0.00000112. The van der Waals surface area contributed by atoms with Gasteiger partial charge in [0.1, 0.15) is 15.9 Å². The molecule has 0 aliphatic rings. The van der Waals surface area contributed by atoms with Crippen LogP contribution in [0.5, 0.6) is 0 Å². The molecule has 0 saturated heterocycles. The highest BCUT2D eigenvalue weighted by Gasteiger charge is 2.15. The Labute approximate surface area is 116 Å². The number of pyridine rings is 1. The molecule has 6 heteroatoms. The summed E-state index contributed by atoms with van der Waals surface area (Å²) in [4.78, 5) is 3.72. The van der Waals surface area contributed by atoms with Crippen LogP contribution in [0.3, 0.4) is 0 Å². The predicted octanol–water partition coefficient (Wildman–Crippen LogP) is 4.46. The number of fused-ring (bicyclic) bond motifs is 1. The van der Waals surface area contributed by atoms with E-state index in [1.54, 1.807) is 0 Å². The summed E-state index contributed by atoms with van der Waals surface area (Å²) in [7, 11) is 0. The SMILES string of the molecule is Br.Cc1ccn2c(Br)c(C(Cl)Cl)nc2c1.